The Morgan fingerprint density at radius 3 is 1.26 bits per heavy atom. The minimum Gasteiger partial charge on any atom is -0.497 e. The van der Waals surface area contributed by atoms with Crippen molar-refractivity contribution in [2.75, 3.05) is 20.1 Å². The standard InChI is InChI=1S/C16H15Cl3O2.CH3Br/c1-20-13-7-3-11(4-8-13)15(16(17,18)19)12-5-9-14(21-2)10-6-12;1-2/h3-10,15H,1-2H3;1H3. The fraction of sp³-hybridized carbons (Fsp3) is 0.294. The van der Waals surface area contributed by atoms with Crippen molar-refractivity contribution < 1.29 is 9.47 Å². The van der Waals surface area contributed by atoms with Gasteiger partial charge in [0.1, 0.15) is 11.5 Å². The third-order valence-electron chi connectivity index (χ3n) is 3.23. The predicted molar refractivity (Wildman–Crippen MR) is 103 cm³/mol. The number of methoxy groups -OCH3 is 2. The summed E-state index contributed by atoms with van der Waals surface area (Å²) in [5.41, 5.74) is 1.81. The van der Waals surface area contributed by atoms with E-state index in [-0.39, 0.29) is 5.92 Å². The maximum atomic E-state index is 6.18. The molecule has 6 heteroatoms. The van der Waals surface area contributed by atoms with Crippen molar-refractivity contribution in [1.29, 1.82) is 0 Å². The van der Waals surface area contributed by atoms with E-state index in [0.717, 1.165) is 22.6 Å². The molecule has 126 valence electrons. The van der Waals surface area contributed by atoms with Gasteiger partial charge >= 0.3 is 0 Å². The van der Waals surface area contributed by atoms with Crippen LogP contribution in [0.15, 0.2) is 48.5 Å². The molecule has 0 aliphatic heterocycles. The number of halogens is 4. The summed E-state index contributed by atoms with van der Waals surface area (Å²) in [5.74, 6) is 2.96. The summed E-state index contributed by atoms with van der Waals surface area (Å²) in [5, 5.41) is 0. The lowest BCUT2D eigenvalue weighted by atomic mass is 9.92. The van der Waals surface area contributed by atoms with Crippen LogP contribution in [0.1, 0.15) is 17.0 Å². The van der Waals surface area contributed by atoms with Crippen LogP contribution >= 0.6 is 50.7 Å². The molecule has 0 saturated carbocycles. The zero-order valence-electron chi connectivity index (χ0n) is 13.0. The second-order valence-electron chi connectivity index (χ2n) is 4.52. The normalized spacial score (nSPS) is 10.8. The number of rotatable bonds is 4. The first-order chi connectivity index (χ1) is 11.0. The van der Waals surface area contributed by atoms with Crippen LogP contribution in [0.4, 0.5) is 0 Å². The summed E-state index contributed by atoms with van der Waals surface area (Å²) >= 11 is 21.5. The lowest BCUT2D eigenvalue weighted by Gasteiger charge is -2.25. The van der Waals surface area contributed by atoms with Gasteiger partial charge in [-0.1, -0.05) is 75.0 Å². The maximum Gasteiger partial charge on any atom is 0.201 e. The molecule has 2 nitrogen and oxygen atoms in total. The Morgan fingerprint density at radius 2 is 1.04 bits per heavy atom. The van der Waals surface area contributed by atoms with Crippen LogP contribution in [0.3, 0.4) is 0 Å². The van der Waals surface area contributed by atoms with Crippen molar-refractivity contribution in [3.8, 4) is 11.5 Å². The smallest absolute Gasteiger partial charge is 0.201 e. The van der Waals surface area contributed by atoms with Crippen LogP contribution in [0, 0.1) is 0 Å². The first-order valence-electron chi connectivity index (χ1n) is 6.68. The third kappa shape index (κ3) is 5.75. The predicted octanol–water partition coefficient (Wildman–Crippen LogP) is 6.22. The lowest BCUT2D eigenvalue weighted by molar-refractivity contribution is 0.414. The fourth-order valence-corrected chi connectivity index (χ4v) is 2.92. The molecule has 0 aromatic heterocycles. The van der Waals surface area contributed by atoms with Gasteiger partial charge in [0, 0.05) is 0 Å². The Balaban J connectivity index is 0.00000127. The van der Waals surface area contributed by atoms with Crippen molar-refractivity contribution >= 4 is 50.7 Å². The first-order valence-corrected chi connectivity index (χ1v) is 9.40. The summed E-state index contributed by atoms with van der Waals surface area (Å²) < 4.78 is 8.85. The van der Waals surface area contributed by atoms with Gasteiger partial charge in [0.25, 0.3) is 0 Å². The van der Waals surface area contributed by atoms with Gasteiger partial charge in [0.05, 0.1) is 20.1 Å². The minimum absolute atomic E-state index is 0.376. The van der Waals surface area contributed by atoms with E-state index in [9.17, 15) is 0 Å². The molecule has 0 unspecified atom stereocenters. The van der Waals surface area contributed by atoms with Crippen LogP contribution in [-0.4, -0.2) is 23.8 Å². The van der Waals surface area contributed by atoms with Crippen molar-refractivity contribution in [3.63, 3.8) is 0 Å². The van der Waals surface area contributed by atoms with E-state index in [1.807, 2.05) is 54.4 Å². The van der Waals surface area contributed by atoms with Gasteiger partial charge in [0.15, 0.2) is 0 Å². The van der Waals surface area contributed by atoms with E-state index < -0.39 is 3.79 Å². The molecule has 0 saturated heterocycles. The number of alkyl halides is 4. The third-order valence-corrected chi connectivity index (χ3v) is 3.88. The highest BCUT2D eigenvalue weighted by atomic mass is 79.9. The van der Waals surface area contributed by atoms with E-state index >= 15 is 0 Å². The molecule has 2 aromatic rings. The summed E-state index contributed by atoms with van der Waals surface area (Å²) in [6.45, 7) is 0. The summed E-state index contributed by atoms with van der Waals surface area (Å²) in [4.78, 5) is 0. The molecule has 0 spiro atoms. The van der Waals surface area contributed by atoms with Crippen molar-refractivity contribution in [3.05, 3.63) is 59.7 Å². The van der Waals surface area contributed by atoms with E-state index in [0.29, 0.717) is 0 Å². The van der Waals surface area contributed by atoms with Crippen LogP contribution in [0.5, 0.6) is 11.5 Å². The first kappa shape index (κ1) is 20.4. The average molecular weight is 441 g/mol. The van der Waals surface area contributed by atoms with Gasteiger partial charge in [-0.15, -0.1) is 0 Å². The Kier molecular flexibility index (Phi) is 8.56. The SMILES string of the molecule is CBr.COc1ccc(C(c2ccc(OC)cc2)C(Cl)(Cl)Cl)cc1. The number of hydrogen-bond donors (Lipinski definition) is 0. The summed E-state index contributed by atoms with van der Waals surface area (Å²) in [6, 6.07) is 15.0. The van der Waals surface area contributed by atoms with Gasteiger partial charge in [-0.2, -0.15) is 0 Å². The molecule has 0 aliphatic rings. The van der Waals surface area contributed by atoms with E-state index in [4.69, 9.17) is 44.3 Å². The molecule has 0 radical (unpaired) electrons. The van der Waals surface area contributed by atoms with Gasteiger partial charge < -0.3 is 9.47 Å². The molecule has 2 aromatic carbocycles. The summed E-state index contributed by atoms with van der Waals surface area (Å²) in [6.07, 6.45) is 0. The molecule has 0 atom stereocenters. The highest BCUT2D eigenvalue weighted by Gasteiger charge is 2.35. The second kappa shape index (κ2) is 9.63. The van der Waals surface area contributed by atoms with Crippen LogP contribution in [-0.2, 0) is 0 Å². The van der Waals surface area contributed by atoms with Crippen LogP contribution in [0.25, 0.3) is 0 Å². The van der Waals surface area contributed by atoms with E-state index in [1.165, 1.54) is 0 Å². The molecule has 0 aliphatic carbocycles. The lowest BCUT2D eigenvalue weighted by Crippen LogP contribution is -2.18. The van der Waals surface area contributed by atoms with Gasteiger partial charge in [0.2, 0.25) is 3.79 Å². The Bertz CT molecular complexity index is 533. The highest BCUT2D eigenvalue weighted by molar-refractivity contribution is 9.08. The molecule has 0 bridgehead atoms. The summed E-state index contributed by atoms with van der Waals surface area (Å²) in [7, 11) is 3.23. The molecule has 0 N–H and O–H groups in total. The minimum atomic E-state index is -1.46. The topological polar surface area (TPSA) is 18.5 Å². The second-order valence-corrected chi connectivity index (χ2v) is 6.89. The van der Waals surface area contributed by atoms with Crippen molar-refractivity contribution in [2.45, 2.75) is 9.71 Å². The highest BCUT2D eigenvalue weighted by Crippen LogP contribution is 2.46. The monoisotopic (exact) mass is 438 g/mol. The van der Waals surface area contributed by atoms with Gasteiger partial charge in [-0.05, 0) is 41.2 Å². The molecule has 2 rings (SSSR count). The van der Waals surface area contributed by atoms with Crippen LogP contribution in [0.2, 0.25) is 0 Å². The van der Waals surface area contributed by atoms with Gasteiger partial charge in [-0.3, -0.25) is 0 Å². The van der Waals surface area contributed by atoms with Crippen molar-refractivity contribution in [2.24, 2.45) is 0 Å². The van der Waals surface area contributed by atoms with E-state index in [2.05, 4.69) is 15.9 Å². The molecule has 0 fully saturated rings. The number of ether oxygens (including phenoxy) is 2. The Labute approximate surface area is 160 Å². The number of hydrogen-bond acceptors (Lipinski definition) is 2. The quantitative estimate of drug-likeness (QED) is 0.526. The zero-order valence-corrected chi connectivity index (χ0v) is 16.9. The van der Waals surface area contributed by atoms with Crippen molar-refractivity contribution in [1.82, 2.24) is 0 Å². The molecule has 0 heterocycles. The van der Waals surface area contributed by atoms with Gasteiger partial charge in [-0.25, -0.2) is 0 Å². The number of benzene rings is 2. The van der Waals surface area contributed by atoms with E-state index in [1.54, 1.807) is 14.2 Å². The largest absolute Gasteiger partial charge is 0.497 e. The Morgan fingerprint density at radius 1 is 0.739 bits per heavy atom. The average Bonchev–Trinajstić information content (AvgIpc) is 2.57. The molecule has 23 heavy (non-hydrogen) atoms. The molecule has 0 amide bonds. The van der Waals surface area contributed by atoms with Crippen LogP contribution < -0.4 is 9.47 Å². The fourth-order valence-electron chi connectivity index (χ4n) is 2.16. The Hall–Kier alpha value is -0.610. The molecular weight excluding hydrogens is 422 g/mol. The molecular formula is C17H18BrCl3O2. The maximum absolute atomic E-state index is 6.18. The zero-order chi connectivity index (χ0) is 17.5.